The Morgan fingerprint density at radius 1 is 1.06 bits per heavy atom. The predicted octanol–water partition coefficient (Wildman–Crippen LogP) is 5.22. The number of halogens is 2. The van der Waals surface area contributed by atoms with Gasteiger partial charge in [0.25, 0.3) is 5.70 Å². The van der Waals surface area contributed by atoms with Crippen molar-refractivity contribution in [3.05, 3.63) is 84.2 Å². The third-order valence-corrected chi connectivity index (χ3v) is 4.62. The van der Waals surface area contributed by atoms with Gasteiger partial charge in [0.05, 0.1) is 7.11 Å². The summed E-state index contributed by atoms with van der Waals surface area (Å²) in [4.78, 5) is 0.259. The Kier molecular flexibility index (Phi) is 7.15. The zero-order valence-electron chi connectivity index (χ0n) is 16.9. The van der Waals surface area contributed by atoms with Crippen molar-refractivity contribution >= 4 is 34.3 Å². The van der Waals surface area contributed by atoms with Crippen LogP contribution >= 0.6 is 12.2 Å². The molecule has 0 radical (unpaired) electrons. The van der Waals surface area contributed by atoms with Crippen molar-refractivity contribution < 1.29 is 27.9 Å². The standard InChI is InChI=1S/C23H20F2N2O3S/c1-15-5-4-12-27(14-15)20(22(31)26-17-6-3-7-19(13-17)29-2)21(28)16-8-10-18(11-9-16)30-23(24)25/h3-14,23H,1-2H3,(H-,26,28,31)/p+1. The number of thiocarbonyl (C=S) groups is 1. The molecule has 160 valence electrons. The Morgan fingerprint density at radius 3 is 2.45 bits per heavy atom. The quantitative estimate of drug-likeness (QED) is 0.227. The van der Waals surface area contributed by atoms with Crippen LogP contribution in [0, 0.1) is 6.92 Å². The van der Waals surface area contributed by atoms with Gasteiger partial charge < -0.3 is 19.9 Å². The summed E-state index contributed by atoms with van der Waals surface area (Å²) >= 11 is 5.61. The molecule has 5 nitrogen and oxygen atoms in total. The first kappa shape index (κ1) is 22.2. The smallest absolute Gasteiger partial charge is 0.387 e. The van der Waals surface area contributed by atoms with Crippen molar-refractivity contribution in [2.24, 2.45) is 0 Å². The number of pyridine rings is 1. The number of benzene rings is 2. The van der Waals surface area contributed by atoms with Crippen LogP contribution in [0.2, 0.25) is 0 Å². The Morgan fingerprint density at radius 2 is 1.81 bits per heavy atom. The van der Waals surface area contributed by atoms with Gasteiger partial charge in [0, 0.05) is 28.9 Å². The lowest BCUT2D eigenvalue weighted by molar-refractivity contribution is -0.576. The van der Waals surface area contributed by atoms with Crippen LogP contribution in [0.5, 0.6) is 11.5 Å². The number of methoxy groups -OCH3 is 1. The first-order valence-corrected chi connectivity index (χ1v) is 9.70. The van der Waals surface area contributed by atoms with Crippen LogP contribution in [0.15, 0.2) is 73.1 Å². The van der Waals surface area contributed by atoms with Gasteiger partial charge in [0.2, 0.25) is 0 Å². The molecule has 0 aliphatic rings. The van der Waals surface area contributed by atoms with Gasteiger partial charge in [-0.25, -0.2) is 0 Å². The molecule has 3 rings (SSSR count). The lowest BCUT2D eigenvalue weighted by atomic mass is 10.1. The van der Waals surface area contributed by atoms with Crippen molar-refractivity contribution in [2.45, 2.75) is 13.5 Å². The summed E-state index contributed by atoms with van der Waals surface area (Å²) in [5, 5.41) is 14.2. The minimum Gasteiger partial charge on any atom is -0.502 e. The predicted molar refractivity (Wildman–Crippen MR) is 119 cm³/mol. The molecule has 3 aromatic rings. The second-order valence-electron chi connectivity index (χ2n) is 6.57. The molecule has 0 fully saturated rings. The monoisotopic (exact) mass is 443 g/mol. The van der Waals surface area contributed by atoms with E-state index in [0.29, 0.717) is 22.7 Å². The summed E-state index contributed by atoms with van der Waals surface area (Å²) in [5.74, 6) is 0.522. The van der Waals surface area contributed by atoms with E-state index in [9.17, 15) is 13.9 Å². The average Bonchev–Trinajstić information content (AvgIpc) is 2.74. The molecule has 0 spiro atoms. The third kappa shape index (κ3) is 5.76. The Bertz CT molecular complexity index is 1100. The van der Waals surface area contributed by atoms with E-state index in [-0.39, 0.29) is 16.5 Å². The maximum Gasteiger partial charge on any atom is 0.387 e. The number of aromatic nitrogens is 1. The number of anilines is 1. The van der Waals surface area contributed by atoms with E-state index >= 15 is 0 Å². The highest BCUT2D eigenvalue weighted by Crippen LogP contribution is 2.23. The number of nitrogens with one attached hydrogen (secondary N) is 1. The first-order valence-electron chi connectivity index (χ1n) is 9.29. The van der Waals surface area contributed by atoms with Crippen LogP contribution in [0.1, 0.15) is 11.1 Å². The Hall–Kier alpha value is -3.52. The summed E-state index contributed by atoms with van der Waals surface area (Å²) in [6, 6.07) is 16.6. The van der Waals surface area contributed by atoms with Crippen molar-refractivity contribution in [2.75, 3.05) is 12.4 Å². The molecular formula is C23H21F2N2O3S+. The molecule has 0 aliphatic heterocycles. The molecule has 0 atom stereocenters. The van der Waals surface area contributed by atoms with E-state index < -0.39 is 6.61 Å². The van der Waals surface area contributed by atoms with E-state index in [1.807, 2.05) is 37.4 Å². The number of aliphatic hydroxyl groups excluding tert-OH is 1. The maximum atomic E-state index is 12.4. The fourth-order valence-corrected chi connectivity index (χ4v) is 3.22. The number of hydrogen-bond acceptors (Lipinski definition) is 4. The highest BCUT2D eigenvalue weighted by Gasteiger charge is 2.24. The maximum absolute atomic E-state index is 12.4. The van der Waals surface area contributed by atoms with Crippen LogP contribution in [-0.2, 0) is 0 Å². The molecular weight excluding hydrogens is 422 g/mol. The van der Waals surface area contributed by atoms with Gasteiger partial charge in [-0.15, -0.1) is 0 Å². The van der Waals surface area contributed by atoms with Gasteiger partial charge in [0.15, 0.2) is 23.1 Å². The SMILES string of the molecule is COc1cccc(NC(=S)/C(=C(\O)c2ccc(OC(F)F)cc2)[n+]2cccc(C)c2)c1. The normalized spacial score (nSPS) is 11.6. The van der Waals surface area contributed by atoms with Crippen molar-refractivity contribution in [3.8, 4) is 11.5 Å². The largest absolute Gasteiger partial charge is 0.502 e. The Labute approximate surface area is 184 Å². The molecule has 0 aliphatic carbocycles. The highest BCUT2D eigenvalue weighted by molar-refractivity contribution is 7.81. The van der Waals surface area contributed by atoms with Gasteiger partial charge >= 0.3 is 6.61 Å². The molecule has 31 heavy (non-hydrogen) atoms. The van der Waals surface area contributed by atoms with E-state index in [0.717, 1.165) is 5.56 Å². The number of aryl methyl sites for hydroxylation is 1. The number of hydrogen-bond donors (Lipinski definition) is 2. The summed E-state index contributed by atoms with van der Waals surface area (Å²) in [7, 11) is 1.57. The van der Waals surface area contributed by atoms with Crippen molar-refractivity contribution in [1.29, 1.82) is 0 Å². The van der Waals surface area contributed by atoms with Crippen molar-refractivity contribution in [3.63, 3.8) is 0 Å². The number of rotatable bonds is 7. The molecule has 2 N–H and O–H groups in total. The van der Waals surface area contributed by atoms with E-state index in [4.69, 9.17) is 17.0 Å². The average molecular weight is 443 g/mol. The van der Waals surface area contributed by atoms with Crippen LogP contribution in [0.4, 0.5) is 14.5 Å². The van der Waals surface area contributed by atoms with Gasteiger partial charge in [-0.05, 0) is 49.4 Å². The number of aliphatic hydroxyl groups is 1. The second-order valence-corrected chi connectivity index (χ2v) is 6.98. The summed E-state index contributed by atoms with van der Waals surface area (Å²) < 4.78 is 36.1. The van der Waals surface area contributed by atoms with Gasteiger partial charge in [-0.3, -0.25) is 0 Å². The van der Waals surface area contributed by atoms with E-state index in [1.165, 1.54) is 24.3 Å². The number of nitrogens with zero attached hydrogens (tertiary/aromatic N) is 1. The topological polar surface area (TPSA) is 54.6 Å². The fourth-order valence-electron chi connectivity index (χ4n) is 2.90. The first-order chi connectivity index (χ1) is 14.9. The minimum absolute atomic E-state index is 0.00612. The minimum atomic E-state index is -2.92. The highest BCUT2D eigenvalue weighted by atomic mass is 32.1. The molecule has 0 unspecified atom stereocenters. The lowest BCUT2D eigenvalue weighted by Crippen LogP contribution is -2.38. The molecule has 1 aromatic heterocycles. The lowest BCUT2D eigenvalue weighted by Gasteiger charge is -2.11. The summed E-state index contributed by atoms with van der Waals surface area (Å²) in [6.45, 7) is -1.01. The molecule has 0 saturated heterocycles. The third-order valence-electron chi connectivity index (χ3n) is 4.33. The number of alkyl halides is 2. The zero-order chi connectivity index (χ0) is 22.4. The summed E-state index contributed by atoms with van der Waals surface area (Å²) in [6.07, 6.45) is 3.58. The number of ether oxygens (including phenoxy) is 2. The van der Waals surface area contributed by atoms with Crippen LogP contribution in [0.3, 0.4) is 0 Å². The molecule has 8 heteroatoms. The van der Waals surface area contributed by atoms with Crippen LogP contribution < -0.4 is 19.4 Å². The zero-order valence-corrected chi connectivity index (χ0v) is 17.7. The Balaban J connectivity index is 2.02. The molecule has 0 saturated carbocycles. The second kappa shape index (κ2) is 9.99. The van der Waals surface area contributed by atoms with Gasteiger partial charge in [-0.2, -0.15) is 13.3 Å². The fraction of sp³-hybridized carbons (Fsp3) is 0.130. The van der Waals surface area contributed by atoms with E-state index in [2.05, 4.69) is 10.1 Å². The molecule has 0 amide bonds. The molecule has 0 bridgehead atoms. The summed E-state index contributed by atoms with van der Waals surface area (Å²) in [5.41, 5.74) is 2.35. The van der Waals surface area contributed by atoms with Gasteiger partial charge in [-0.1, -0.05) is 18.3 Å². The van der Waals surface area contributed by atoms with Crippen LogP contribution in [-0.4, -0.2) is 23.8 Å². The molecule has 1 heterocycles. The van der Waals surface area contributed by atoms with Crippen LogP contribution in [0.25, 0.3) is 11.5 Å². The van der Waals surface area contributed by atoms with Gasteiger partial charge in [0.1, 0.15) is 11.5 Å². The van der Waals surface area contributed by atoms with Crippen molar-refractivity contribution in [1.82, 2.24) is 0 Å². The molecule has 2 aromatic carbocycles. The van der Waals surface area contributed by atoms with E-state index in [1.54, 1.807) is 30.0 Å².